The first kappa shape index (κ1) is 21.3. The van der Waals surface area contributed by atoms with Crippen molar-refractivity contribution in [2.45, 2.75) is 44.7 Å². The van der Waals surface area contributed by atoms with Crippen LogP contribution in [0.3, 0.4) is 0 Å². The van der Waals surface area contributed by atoms with Gasteiger partial charge < -0.3 is 19.2 Å². The predicted molar refractivity (Wildman–Crippen MR) is 131 cm³/mol. The molecule has 1 amide bonds. The number of nitrogens with zero attached hydrogens (tertiary/aromatic N) is 2. The lowest BCUT2D eigenvalue weighted by Crippen LogP contribution is -2.30. The summed E-state index contributed by atoms with van der Waals surface area (Å²) in [4.78, 5) is 27.1. The minimum Gasteiger partial charge on any atom is -0.497 e. The van der Waals surface area contributed by atoms with Crippen molar-refractivity contribution < 1.29 is 9.53 Å². The highest BCUT2D eigenvalue weighted by molar-refractivity contribution is 6.17. The van der Waals surface area contributed by atoms with Crippen LogP contribution in [0.25, 0.3) is 21.8 Å². The first-order chi connectivity index (χ1) is 16.1. The van der Waals surface area contributed by atoms with E-state index in [0.29, 0.717) is 17.6 Å². The quantitative estimate of drug-likeness (QED) is 0.475. The summed E-state index contributed by atoms with van der Waals surface area (Å²) >= 11 is 0. The molecule has 0 aliphatic heterocycles. The number of rotatable bonds is 5. The van der Waals surface area contributed by atoms with Crippen LogP contribution in [0.1, 0.15) is 54.1 Å². The van der Waals surface area contributed by atoms with Crippen molar-refractivity contribution in [1.29, 1.82) is 0 Å². The summed E-state index contributed by atoms with van der Waals surface area (Å²) in [5.41, 5.74) is 3.08. The zero-order valence-corrected chi connectivity index (χ0v) is 19.1. The lowest BCUT2D eigenvalue weighted by atomic mass is 9.95. The Morgan fingerprint density at radius 2 is 1.79 bits per heavy atom. The molecule has 4 aromatic rings. The van der Waals surface area contributed by atoms with Crippen molar-refractivity contribution in [3.63, 3.8) is 0 Å². The number of para-hydroxylation sites is 1. The van der Waals surface area contributed by atoms with E-state index in [-0.39, 0.29) is 17.5 Å². The van der Waals surface area contributed by atoms with Crippen molar-refractivity contribution in [3.05, 3.63) is 76.2 Å². The normalized spacial score (nSPS) is 14.6. The van der Waals surface area contributed by atoms with Crippen molar-refractivity contribution in [1.82, 2.24) is 14.5 Å². The Bertz CT molecular complexity index is 1380. The zero-order chi connectivity index (χ0) is 22.9. The molecule has 1 aliphatic rings. The number of nitrogens with one attached hydrogen (secondary N) is 1. The van der Waals surface area contributed by atoms with Gasteiger partial charge in [-0.25, -0.2) is 0 Å². The third-order valence-corrected chi connectivity index (χ3v) is 6.91. The van der Waals surface area contributed by atoms with E-state index < -0.39 is 0 Å². The van der Waals surface area contributed by atoms with Crippen molar-refractivity contribution in [2.24, 2.45) is 7.05 Å². The first-order valence-corrected chi connectivity index (χ1v) is 11.6. The van der Waals surface area contributed by atoms with Gasteiger partial charge in [0, 0.05) is 42.1 Å². The Morgan fingerprint density at radius 1 is 1.06 bits per heavy atom. The minimum atomic E-state index is -0.170. The summed E-state index contributed by atoms with van der Waals surface area (Å²) in [5, 5.41) is 4.73. The number of hydrogen-bond acceptors (Lipinski definition) is 3. The van der Waals surface area contributed by atoms with Gasteiger partial charge >= 0.3 is 0 Å². The molecule has 6 heteroatoms. The highest BCUT2D eigenvalue weighted by Crippen LogP contribution is 2.32. The molecule has 0 radical (unpaired) electrons. The second-order valence-corrected chi connectivity index (χ2v) is 8.88. The number of ether oxygens (including phenoxy) is 1. The zero-order valence-electron chi connectivity index (χ0n) is 19.1. The Hall–Kier alpha value is -3.54. The van der Waals surface area contributed by atoms with E-state index in [1.807, 2.05) is 64.7 Å². The van der Waals surface area contributed by atoms with Crippen LogP contribution in [0.15, 0.2) is 59.5 Å². The van der Waals surface area contributed by atoms with Gasteiger partial charge in [-0.15, -0.1) is 0 Å². The van der Waals surface area contributed by atoms with Gasteiger partial charge in [0.05, 0.1) is 12.7 Å². The molecule has 0 atom stereocenters. The van der Waals surface area contributed by atoms with E-state index in [1.54, 1.807) is 13.3 Å². The fourth-order valence-corrected chi connectivity index (χ4v) is 5.12. The number of carbonyl (C=O) groups is 1. The largest absolute Gasteiger partial charge is 0.497 e. The highest BCUT2D eigenvalue weighted by Gasteiger charge is 2.24. The average molecular weight is 444 g/mol. The molecule has 0 saturated heterocycles. The van der Waals surface area contributed by atoms with E-state index in [9.17, 15) is 9.59 Å². The molecule has 33 heavy (non-hydrogen) atoms. The van der Waals surface area contributed by atoms with E-state index >= 15 is 0 Å². The number of pyridine rings is 1. The number of amides is 1. The maximum atomic E-state index is 13.6. The second kappa shape index (κ2) is 8.77. The first-order valence-electron chi connectivity index (χ1n) is 11.6. The molecule has 170 valence electrons. The fraction of sp³-hybridized carbons (Fsp3) is 0.333. The van der Waals surface area contributed by atoms with Crippen LogP contribution in [0.4, 0.5) is 0 Å². The molecule has 0 spiro atoms. The average Bonchev–Trinajstić information content (AvgIpc) is 3.17. The number of benzene rings is 2. The molecule has 6 nitrogen and oxygen atoms in total. The monoisotopic (exact) mass is 443 g/mol. The molecule has 0 unspecified atom stereocenters. The van der Waals surface area contributed by atoms with Crippen molar-refractivity contribution in [3.8, 4) is 5.75 Å². The van der Waals surface area contributed by atoms with Crippen LogP contribution in [0, 0.1) is 0 Å². The number of fused-ring (bicyclic) bond motifs is 3. The summed E-state index contributed by atoms with van der Waals surface area (Å²) in [6, 6.07) is 15.7. The van der Waals surface area contributed by atoms with Crippen molar-refractivity contribution in [2.75, 3.05) is 7.11 Å². The number of methoxy groups -OCH3 is 1. The van der Waals surface area contributed by atoms with Crippen LogP contribution < -0.4 is 15.6 Å². The summed E-state index contributed by atoms with van der Waals surface area (Å²) in [5.74, 6) is 0.610. The Kier molecular flexibility index (Phi) is 5.67. The summed E-state index contributed by atoms with van der Waals surface area (Å²) in [6.07, 6.45) is 7.18. The van der Waals surface area contributed by atoms with E-state index in [0.717, 1.165) is 53.3 Å². The fourth-order valence-electron chi connectivity index (χ4n) is 5.12. The van der Waals surface area contributed by atoms with Gasteiger partial charge in [-0.3, -0.25) is 9.59 Å². The van der Waals surface area contributed by atoms with Gasteiger partial charge in [-0.05, 0) is 36.6 Å². The second-order valence-electron chi connectivity index (χ2n) is 8.88. The SMILES string of the molecule is COc1ccc(CNC(=O)c2cn(C3CCCCC3)c(=O)c3c2c2ccccc2n3C)cc1. The summed E-state index contributed by atoms with van der Waals surface area (Å²) < 4.78 is 8.97. The van der Waals surface area contributed by atoms with Gasteiger partial charge in [0.2, 0.25) is 0 Å². The topological polar surface area (TPSA) is 65.3 Å². The third kappa shape index (κ3) is 3.80. The van der Waals surface area contributed by atoms with Crippen LogP contribution in [-0.2, 0) is 13.6 Å². The van der Waals surface area contributed by atoms with Crippen LogP contribution in [-0.4, -0.2) is 22.2 Å². The summed E-state index contributed by atoms with van der Waals surface area (Å²) in [6.45, 7) is 0.400. The van der Waals surface area contributed by atoms with Crippen LogP contribution in [0.5, 0.6) is 5.75 Å². The van der Waals surface area contributed by atoms with E-state index in [2.05, 4.69) is 5.32 Å². The highest BCUT2D eigenvalue weighted by atomic mass is 16.5. The maximum Gasteiger partial charge on any atom is 0.275 e. The van der Waals surface area contributed by atoms with Crippen LogP contribution in [0.2, 0.25) is 0 Å². The van der Waals surface area contributed by atoms with Gasteiger partial charge in [0.15, 0.2) is 0 Å². The number of aromatic nitrogens is 2. The molecular formula is C27H29N3O3. The lowest BCUT2D eigenvalue weighted by Gasteiger charge is -2.25. The van der Waals surface area contributed by atoms with Crippen LogP contribution >= 0.6 is 0 Å². The van der Waals surface area contributed by atoms with Gasteiger partial charge in [-0.2, -0.15) is 0 Å². The standard InChI is InChI=1S/C27H29N3O3/c1-29-23-11-7-6-10-21(23)24-22(26(31)28-16-18-12-14-20(33-2)15-13-18)17-30(27(32)25(24)29)19-8-4-3-5-9-19/h6-7,10-15,17,19H,3-5,8-9,16H2,1-2H3,(H,28,31). The van der Waals surface area contributed by atoms with Crippen molar-refractivity contribution >= 4 is 27.7 Å². The molecule has 1 saturated carbocycles. The maximum absolute atomic E-state index is 13.6. The molecular weight excluding hydrogens is 414 g/mol. The predicted octanol–water partition coefficient (Wildman–Crippen LogP) is 4.94. The lowest BCUT2D eigenvalue weighted by molar-refractivity contribution is 0.0951. The molecule has 0 bridgehead atoms. The number of hydrogen-bond donors (Lipinski definition) is 1. The van der Waals surface area contributed by atoms with Gasteiger partial charge in [-0.1, -0.05) is 49.6 Å². The molecule has 1 fully saturated rings. The Balaban J connectivity index is 1.61. The Morgan fingerprint density at radius 3 is 2.52 bits per heavy atom. The van der Waals surface area contributed by atoms with E-state index in [4.69, 9.17) is 4.74 Å². The molecule has 2 aromatic heterocycles. The molecule has 5 rings (SSSR count). The third-order valence-electron chi connectivity index (χ3n) is 6.91. The van der Waals surface area contributed by atoms with Gasteiger partial charge in [0.1, 0.15) is 11.3 Å². The molecule has 2 heterocycles. The number of aryl methyl sites for hydroxylation is 1. The smallest absolute Gasteiger partial charge is 0.275 e. The minimum absolute atomic E-state index is 0.0118. The Labute approximate surface area is 192 Å². The van der Waals surface area contributed by atoms with E-state index in [1.165, 1.54) is 6.42 Å². The molecule has 1 aliphatic carbocycles. The molecule has 2 aromatic carbocycles. The molecule has 1 N–H and O–H groups in total. The van der Waals surface area contributed by atoms with Gasteiger partial charge in [0.25, 0.3) is 11.5 Å². The number of carbonyl (C=O) groups excluding carboxylic acids is 1. The summed E-state index contributed by atoms with van der Waals surface area (Å²) in [7, 11) is 3.55.